The first kappa shape index (κ1) is 11.7. The van der Waals surface area contributed by atoms with Crippen LogP contribution in [0.4, 0.5) is 4.39 Å². The summed E-state index contributed by atoms with van der Waals surface area (Å²) in [6, 6.07) is 3.74. The van der Waals surface area contributed by atoms with Gasteiger partial charge in [-0.05, 0) is 30.7 Å². The van der Waals surface area contributed by atoms with Crippen LogP contribution >= 0.6 is 0 Å². The van der Waals surface area contributed by atoms with Crippen molar-refractivity contribution >= 4 is 0 Å². The Hall–Kier alpha value is -1.79. The van der Waals surface area contributed by atoms with Crippen LogP contribution in [0.3, 0.4) is 0 Å². The predicted octanol–water partition coefficient (Wildman–Crippen LogP) is 1.18. The van der Waals surface area contributed by atoms with E-state index >= 15 is 0 Å². The van der Waals surface area contributed by atoms with Gasteiger partial charge in [-0.1, -0.05) is 5.16 Å². The van der Waals surface area contributed by atoms with E-state index in [0.29, 0.717) is 5.56 Å². The maximum Gasteiger partial charge on any atom is 0.246 e. The maximum absolute atomic E-state index is 13.2. The van der Waals surface area contributed by atoms with Crippen molar-refractivity contribution in [3.05, 3.63) is 35.5 Å². The van der Waals surface area contributed by atoms with Crippen molar-refractivity contribution in [2.75, 3.05) is 6.61 Å². The fourth-order valence-electron chi connectivity index (χ4n) is 1.45. The van der Waals surface area contributed by atoms with Gasteiger partial charge >= 0.3 is 0 Å². The van der Waals surface area contributed by atoms with Crippen LogP contribution in [0.25, 0.3) is 11.4 Å². The summed E-state index contributed by atoms with van der Waals surface area (Å²) in [5, 5.41) is 12.5. The van der Waals surface area contributed by atoms with Crippen molar-refractivity contribution in [3.8, 4) is 11.4 Å². The van der Waals surface area contributed by atoms with Crippen LogP contribution in [0.5, 0.6) is 0 Å². The average Bonchev–Trinajstić information content (AvgIpc) is 2.76. The van der Waals surface area contributed by atoms with Crippen molar-refractivity contribution in [2.24, 2.45) is 5.73 Å². The number of aryl methyl sites for hydroxylation is 1. The Labute approximate surface area is 97.1 Å². The number of aromatic nitrogens is 2. The van der Waals surface area contributed by atoms with E-state index in [1.165, 1.54) is 12.1 Å². The Morgan fingerprint density at radius 3 is 2.88 bits per heavy atom. The first-order chi connectivity index (χ1) is 8.10. The third kappa shape index (κ3) is 2.48. The zero-order valence-corrected chi connectivity index (χ0v) is 9.22. The minimum atomic E-state index is -0.717. The molecule has 0 unspecified atom stereocenters. The molecule has 6 heteroatoms. The average molecular weight is 237 g/mol. The number of hydrogen-bond donors (Lipinski definition) is 2. The summed E-state index contributed by atoms with van der Waals surface area (Å²) in [4.78, 5) is 4.00. The Kier molecular flexibility index (Phi) is 3.16. The van der Waals surface area contributed by atoms with Gasteiger partial charge in [0.1, 0.15) is 11.9 Å². The number of halogens is 1. The third-order valence-electron chi connectivity index (χ3n) is 2.26. The number of aliphatic hydroxyl groups is 1. The maximum atomic E-state index is 13.2. The lowest BCUT2D eigenvalue weighted by atomic mass is 10.1. The molecule has 2 aromatic rings. The summed E-state index contributed by atoms with van der Waals surface area (Å²) in [6.07, 6.45) is 0. The lowest BCUT2D eigenvalue weighted by molar-refractivity contribution is 0.237. The molecule has 17 heavy (non-hydrogen) atoms. The van der Waals surface area contributed by atoms with Crippen LogP contribution in [0, 0.1) is 12.7 Å². The molecular weight excluding hydrogens is 225 g/mol. The van der Waals surface area contributed by atoms with Gasteiger partial charge in [-0.25, -0.2) is 4.39 Å². The van der Waals surface area contributed by atoms with Crippen LogP contribution in [-0.4, -0.2) is 21.9 Å². The quantitative estimate of drug-likeness (QED) is 0.837. The standard InChI is InChI=1S/C11H12FN3O2/c1-6-2-7(4-8(12)3-6)10-14-11(17-15-10)9(13)5-16/h2-4,9,16H,5,13H2,1H3/t9-/m0/s1. The fourth-order valence-corrected chi connectivity index (χ4v) is 1.45. The third-order valence-corrected chi connectivity index (χ3v) is 2.26. The molecule has 0 bridgehead atoms. The topological polar surface area (TPSA) is 85.2 Å². The molecule has 0 aliphatic carbocycles. The second-order valence-corrected chi connectivity index (χ2v) is 3.76. The molecule has 1 aromatic carbocycles. The molecule has 2 rings (SSSR count). The van der Waals surface area contributed by atoms with Gasteiger partial charge in [0.2, 0.25) is 11.7 Å². The van der Waals surface area contributed by atoms with Crippen molar-refractivity contribution in [3.63, 3.8) is 0 Å². The summed E-state index contributed by atoms with van der Waals surface area (Å²) in [5.41, 5.74) is 6.80. The fraction of sp³-hybridized carbons (Fsp3) is 0.273. The van der Waals surface area contributed by atoms with Gasteiger partial charge in [0.15, 0.2) is 0 Å². The second kappa shape index (κ2) is 4.60. The van der Waals surface area contributed by atoms with Crippen LogP contribution in [-0.2, 0) is 0 Å². The van der Waals surface area contributed by atoms with E-state index in [2.05, 4.69) is 10.1 Å². The minimum absolute atomic E-state index is 0.129. The highest BCUT2D eigenvalue weighted by Crippen LogP contribution is 2.20. The van der Waals surface area contributed by atoms with E-state index in [9.17, 15) is 4.39 Å². The minimum Gasteiger partial charge on any atom is -0.394 e. The molecule has 0 fully saturated rings. The number of hydrogen-bond acceptors (Lipinski definition) is 5. The van der Waals surface area contributed by atoms with E-state index in [1.807, 2.05) is 0 Å². The number of aliphatic hydroxyl groups excluding tert-OH is 1. The normalized spacial score (nSPS) is 12.7. The van der Waals surface area contributed by atoms with Crippen molar-refractivity contribution < 1.29 is 14.0 Å². The van der Waals surface area contributed by atoms with E-state index in [-0.39, 0.29) is 24.1 Å². The Balaban J connectivity index is 2.36. The molecule has 0 radical (unpaired) electrons. The van der Waals surface area contributed by atoms with Crippen molar-refractivity contribution in [2.45, 2.75) is 13.0 Å². The van der Waals surface area contributed by atoms with Gasteiger partial charge in [0.05, 0.1) is 6.61 Å². The SMILES string of the molecule is Cc1cc(F)cc(-c2noc([C@@H](N)CO)n2)c1. The van der Waals surface area contributed by atoms with Gasteiger partial charge in [0, 0.05) is 5.56 Å². The molecule has 0 spiro atoms. The summed E-state index contributed by atoms with van der Waals surface area (Å²) in [5.74, 6) is 0.0220. The molecule has 0 amide bonds. The van der Waals surface area contributed by atoms with Crippen LogP contribution in [0.2, 0.25) is 0 Å². The van der Waals surface area contributed by atoms with Crippen LogP contribution in [0.1, 0.15) is 17.5 Å². The highest BCUT2D eigenvalue weighted by Gasteiger charge is 2.15. The van der Waals surface area contributed by atoms with E-state index in [4.69, 9.17) is 15.4 Å². The first-order valence-corrected chi connectivity index (χ1v) is 5.08. The van der Waals surface area contributed by atoms with E-state index in [1.54, 1.807) is 13.0 Å². The number of benzene rings is 1. The lowest BCUT2D eigenvalue weighted by Gasteiger charge is -1.99. The zero-order valence-electron chi connectivity index (χ0n) is 9.22. The molecule has 0 aliphatic rings. The Bertz CT molecular complexity index is 507. The van der Waals surface area contributed by atoms with Gasteiger partial charge in [-0.15, -0.1) is 0 Å². The molecule has 0 aliphatic heterocycles. The van der Waals surface area contributed by atoms with Gasteiger partial charge < -0.3 is 15.4 Å². The van der Waals surface area contributed by atoms with Gasteiger partial charge in [-0.2, -0.15) is 4.98 Å². The molecule has 3 N–H and O–H groups in total. The number of nitrogens with zero attached hydrogens (tertiary/aromatic N) is 2. The Morgan fingerprint density at radius 1 is 1.47 bits per heavy atom. The largest absolute Gasteiger partial charge is 0.394 e. The summed E-state index contributed by atoms with van der Waals surface area (Å²) in [7, 11) is 0. The zero-order chi connectivity index (χ0) is 12.4. The van der Waals surface area contributed by atoms with Crippen molar-refractivity contribution in [1.29, 1.82) is 0 Å². The van der Waals surface area contributed by atoms with Crippen LogP contribution < -0.4 is 5.73 Å². The highest BCUT2D eigenvalue weighted by molar-refractivity contribution is 5.55. The second-order valence-electron chi connectivity index (χ2n) is 3.76. The molecule has 0 saturated carbocycles. The Morgan fingerprint density at radius 2 is 2.24 bits per heavy atom. The summed E-state index contributed by atoms with van der Waals surface area (Å²) in [6.45, 7) is 1.48. The molecule has 1 aromatic heterocycles. The molecular formula is C11H12FN3O2. The molecule has 1 heterocycles. The van der Waals surface area contributed by atoms with Crippen molar-refractivity contribution in [1.82, 2.24) is 10.1 Å². The molecule has 1 atom stereocenters. The monoisotopic (exact) mass is 237 g/mol. The number of nitrogens with two attached hydrogens (primary N) is 1. The van der Waals surface area contributed by atoms with Gasteiger partial charge in [0.25, 0.3) is 0 Å². The summed E-state index contributed by atoms with van der Waals surface area (Å²) < 4.78 is 18.1. The highest BCUT2D eigenvalue weighted by atomic mass is 19.1. The molecule has 5 nitrogen and oxygen atoms in total. The predicted molar refractivity (Wildman–Crippen MR) is 58.4 cm³/mol. The van der Waals surface area contributed by atoms with Gasteiger partial charge in [-0.3, -0.25) is 0 Å². The first-order valence-electron chi connectivity index (χ1n) is 5.08. The van der Waals surface area contributed by atoms with E-state index in [0.717, 1.165) is 5.56 Å². The summed E-state index contributed by atoms with van der Waals surface area (Å²) >= 11 is 0. The van der Waals surface area contributed by atoms with E-state index < -0.39 is 6.04 Å². The molecule has 0 saturated heterocycles. The van der Waals surface area contributed by atoms with Crippen LogP contribution in [0.15, 0.2) is 22.7 Å². The smallest absolute Gasteiger partial charge is 0.246 e. The number of rotatable bonds is 3. The molecule has 90 valence electrons. The lowest BCUT2D eigenvalue weighted by Crippen LogP contribution is -2.14.